The molecule has 0 unspecified atom stereocenters. The SMILES string of the molecule is [N-]=[N+]1c2ccc(cc2)/C=C/C(=O)c2ccc1cc2. The molecule has 0 N–H and O–H groups in total. The number of ketones is 1. The minimum atomic E-state index is -0.0457. The molecule has 4 bridgehead atoms. The molecule has 0 radical (unpaired) electrons. The fourth-order valence-corrected chi connectivity index (χ4v) is 1.91. The smallest absolute Gasteiger partial charge is 0.199 e. The van der Waals surface area contributed by atoms with Crippen molar-refractivity contribution in [3.8, 4) is 0 Å². The second-order valence-electron chi connectivity index (χ2n) is 4.15. The summed E-state index contributed by atoms with van der Waals surface area (Å²) in [6.07, 6.45) is 3.33. The van der Waals surface area contributed by atoms with Crippen molar-refractivity contribution >= 4 is 23.2 Å². The van der Waals surface area contributed by atoms with Gasteiger partial charge >= 0.3 is 0 Å². The second-order valence-corrected chi connectivity index (χ2v) is 4.15. The molecular formula is C15H10N2O. The summed E-state index contributed by atoms with van der Waals surface area (Å²) >= 11 is 0. The number of carbonyl (C=O) groups is 1. The maximum Gasteiger partial charge on any atom is 0.199 e. The Hall–Kier alpha value is -2.55. The molecule has 0 saturated heterocycles. The van der Waals surface area contributed by atoms with E-state index in [1.54, 1.807) is 48.6 Å². The third-order valence-electron chi connectivity index (χ3n) is 2.96. The first-order valence-electron chi connectivity index (χ1n) is 5.65. The van der Waals surface area contributed by atoms with Crippen LogP contribution in [0.15, 0.2) is 54.6 Å². The van der Waals surface area contributed by atoms with Gasteiger partial charge in [0.05, 0.1) is 0 Å². The lowest BCUT2D eigenvalue weighted by atomic mass is 10.1. The maximum atomic E-state index is 11.9. The van der Waals surface area contributed by atoms with E-state index in [0.717, 1.165) is 10.3 Å². The molecule has 3 heteroatoms. The first kappa shape index (κ1) is 10.6. The third kappa shape index (κ3) is 1.76. The van der Waals surface area contributed by atoms with Gasteiger partial charge in [0.1, 0.15) is 0 Å². The number of carbonyl (C=O) groups excluding carboxylic acids is 1. The molecular weight excluding hydrogens is 224 g/mol. The molecule has 0 atom stereocenters. The van der Waals surface area contributed by atoms with Gasteiger partial charge in [0.25, 0.3) is 0 Å². The van der Waals surface area contributed by atoms with Crippen LogP contribution < -0.4 is 4.70 Å². The number of benzene rings is 2. The quantitative estimate of drug-likeness (QED) is 0.640. The summed E-state index contributed by atoms with van der Waals surface area (Å²) in [5.41, 5.74) is 12.9. The molecule has 2 aromatic carbocycles. The predicted molar refractivity (Wildman–Crippen MR) is 71.1 cm³/mol. The van der Waals surface area contributed by atoms with E-state index in [1.165, 1.54) is 0 Å². The third-order valence-corrected chi connectivity index (χ3v) is 2.96. The summed E-state index contributed by atoms with van der Waals surface area (Å²) in [6, 6.07) is 14.2. The van der Waals surface area contributed by atoms with Gasteiger partial charge in [-0.25, -0.2) is 4.70 Å². The normalized spacial score (nSPS) is 15.3. The molecule has 0 spiro atoms. The van der Waals surface area contributed by atoms with Crippen molar-refractivity contribution in [3.05, 3.63) is 71.3 Å². The summed E-state index contributed by atoms with van der Waals surface area (Å²) in [4.78, 5) is 11.9. The Labute approximate surface area is 104 Å². The zero-order chi connectivity index (χ0) is 12.5. The van der Waals surface area contributed by atoms with Crippen LogP contribution in [-0.4, -0.2) is 5.78 Å². The predicted octanol–water partition coefficient (Wildman–Crippen LogP) is 3.75. The molecule has 2 aromatic rings. The first-order chi connectivity index (χ1) is 8.74. The van der Waals surface area contributed by atoms with Crippen LogP contribution >= 0.6 is 0 Å². The first-order valence-corrected chi connectivity index (χ1v) is 5.65. The van der Waals surface area contributed by atoms with Gasteiger partial charge in [-0.1, -0.05) is 6.08 Å². The molecule has 0 aliphatic carbocycles. The maximum absolute atomic E-state index is 11.9. The summed E-state index contributed by atoms with van der Waals surface area (Å²) in [7, 11) is 0. The van der Waals surface area contributed by atoms with Crippen LogP contribution in [0.3, 0.4) is 0 Å². The summed E-state index contributed by atoms with van der Waals surface area (Å²) < 4.78 is 1.10. The monoisotopic (exact) mass is 234 g/mol. The average molecular weight is 234 g/mol. The van der Waals surface area contributed by atoms with Crippen molar-refractivity contribution < 1.29 is 4.79 Å². The minimum Gasteiger partial charge on any atom is -0.493 e. The van der Waals surface area contributed by atoms with Crippen LogP contribution in [0, 0.1) is 0 Å². The Bertz CT molecular complexity index is 652. The van der Waals surface area contributed by atoms with Crippen LogP contribution in [0.5, 0.6) is 0 Å². The highest BCUT2D eigenvalue weighted by atomic mass is 16.1. The standard InChI is InChI=1S/C15H10N2O/c16-17-13-6-1-11(2-7-13)3-10-15(18)12-4-8-14(17)9-5-12/h1-10H/b10-3+. The summed E-state index contributed by atoms with van der Waals surface area (Å²) in [5.74, 6) is -0.0457. The average Bonchev–Trinajstić information content (AvgIpc) is 2.43. The number of hydrogen-bond acceptors (Lipinski definition) is 1. The highest BCUT2D eigenvalue weighted by Crippen LogP contribution is 2.23. The highest BCUT2D eigenvalue weighted by molar-refractivity contribution is 6.07. The lowest BCUT2D eigenvalue weighted by Crippen LogP contribution is -2.00. The second kappa shape index (κ2) is 4.04. The molecule has 4 aliphatic heterocycles. The Kier molecular flexibility index (Phi) is 2.38. The van der Waals surface area contributed by atoms with Crippen molar-refractivity contribution in [2.24, 2.45) is 0 Å². The molecule has 86 valence electrons. The van der Waals surface area contributed by atoms with Gasteiger partial charge in [0.15, 0.2) is 17.2 Å². The zero-order valence-electron chi connectivity index (χ0n) is 9.58. The van der Waals surface area contributed by atoms with E-state index < -0.39 is 0 Å². The highest BCUT2D eigenvalue weighted by Gasteiger charge is 2.10. The topological polar surface area (TPSA) is 42.4 Å². The van der Waals surface area contributed by atoms with Gasteiger partial charge in [-0.3, -0.25) is 4.79 Å². The van der Waals surface area contributed by atoms with E-state index in [9.17, 15) is 10.3 Å². The van der Waals surface area contributed by atoms with E-state index in [4.69, 9.17) is 0 Å². The van der Waals surface area contributed by atoms with Gasteiger partial charge < -0.3 is 5.53 Å². The Balaban J connectivity index is 2.24. The van der Waals surface area contributed by atoms with Gasteiger partial charge in [0, 0.05) is 29.8 Å². The molecule has 3 nitrogen and oxygen atoms in total. The van der Waals surface area contributed by atoms with Crippen molar-refractivity contribution in [2.45, 2.75) is 0 Å². The number of rotatable bonds is 0. The fourth-order valence-electron chi connectivity index (χ4n) is 1.91. The van der Waals surface area contributed by atoms with E-state index in [0.29, 0.717) is 16.9 Å². The Morgan fingerprint density at radius 2 is 1.33 bits per heavy atom. The summed E-state index contributed by atoms with van der Waals surface area (Å²) in [6.45, 7) is 0. The van der Waals surface area contributed by atoms with E-state index in [1.807, 2.05) is 12.1 Å². The van der Waals surface area contributed by atoms with E-state index in [2.05, 4.69) is 0 Å². The molecule has 0 amide bonds. The lowest BCUT2D eigenvalue weighted by molar-refractivity contribution is 0.104. The summed E-state index contributed by atoms with van der Waals surface area (Å²) in [5, 5.41) is 0. The van der Waals surface area contributed by atoms with E-state index in [-0.39, 0.29) is 5.78 Å². The largest absolute Gasteiger partial charge is 0.493 e. The molecule has 4 aliphatic rings. The number of nitrogens with zero attached hydrogens (tertiary/aromatic N) is 2. The number of allylic oxidation sites excluding steroid dienone is 1. The molecule has 0 aromatic heterocycles. The number of hydrogen-bond donors (Lipinski definition) is 0. The Morgan fingerprint density at radius 3 is 1.94 bits per heavy atom. The molecule has 4 heterocycles. The molecule has 6 rings (SSSR count). The molecule has 0 fully saturated rings. The van der Waals surface area contributed by atoms with Crippen molar-refractivity contribution in [1.82, 2.24) is 4.70 Å². The van der Waals surface area contributed by atoms with Crippen LogP contribution in [0.1, 0.15) is 15.9 Å². The fraction of sp³-hybridized carbons (Fsp3) is 0. The van der Waals surface area contributed by atoms with Crippen LogP contribution in [0.25, 0.3) is 11.6 Å². The van der Waals surface area contributed by atoms with Crippen LogP contribution in [-0.2, 0) is 0 Å². The van der Waals surface area contributed by atoms with Gasteiger partial charge in [-0.05, 0) is 35.9 Å². The lowest BCUT2D eigenvalue weighted by Gasteiger charge is -2.07. The Morgan fingerprint density at radius 1 is 0.778 bits per heavy atom. The van der Waals surface area contributed by atoms with E-state index >= 15 is 0 Å². The minimum absolute atomic E-state index is 0.0457. The van der Waals surface area contributed by atoms with Gasteiger partial charge in [0.2, 0.25) is 0 Å². The van der Waals surface area contributed by atoms with Crippen LogP contribution in [0.2, 0.25) is 0 Å². The van der Waals surface area contributed by atoms with Crippen molar-refractivity contribution in [1.29, 1.82) is 0 Å². The van der Waals surface area contributed by atoms with Crippen molar-refractivity contribution in [2.75, 3.05) is 0 Å². The molecule has 18 heavy (non-hydrogen) atoms. The van der Waals surface area contributed by atoms with Gasteiger partial charge in [-0.2, -0.15) is 0 Å². The van der Waals surface area contributed by atoms with Crippen LogP contribution in [0.4, 0.5) is 11.4 Å². The van der Waals surface area contributed by atoms with Crippen molar-refractivity contribution in [3.63, 3.8) is 0 Å². The van der Waals surface area contributed by atoms with Gasteiger partial charge in [-0.15, -0.1) is 0 Å². The molecule has 0 saturated carbocycles. The zero-order valence-corrected chi connectivity index (χ0v) is 9.58.